The monoisotopic (exact) mass is 473 g/mol. The van der Waals surface area contributed by atoms with Gasteiger partial charge in [-0.3, -0.25) is 4.79 Å². The Bertz CT molecular complexity index is 1070. The lowest BCUT2D eigenvalue weighted by atomic mass is 9.96. The van der Waals surface area contributed by atoms with Crippen molar-refractivity contribution in [1.29, 1.82) is 0 Å². The second-order valence-electron chi connectivity index (χ2n) is 7.43. The molecule has 1 aliphatic heterocycles. The predicted octanol–water partition coefficient (Wildman–Crippen LogP) is 4.46. The molecule has 2 aromatic carbocycles. The lowest BCUT2D eigenvalue weighted by Gasteiger charge is -2.32. The van der Waals surface area contributed by atoms with E-state index < -0.39 is 0 Å². The summed E-state index contributed by atoms with van der Waals surface area (Å²) < 4.78 is 16.4. The molecule has 7 heteroatoms. The zero-order chi connectivity index (χ0) is 20.5. The Morgan fingerprint density at radius 3 is 2.52 bits per heavy atom. The first-order chi connectivity index (χ1) is 13.9. The number of fused-ring (bicyclic) bond motifs is 1. The molecule has 0 aliphatic carbocycles. The SMILES string of the molecule is NC(=O)C1CCN(C(=S)c2cn(Cc3ccc(F)cc3)c3ccc(Br)cc23)CC1. The van der Waals surface area contributed by atoms with E-state index in [-0.39, 0.29) is 17.6 Å². The number of aromatic nitrogens is 1. The van der Waals surface area contributed by atoms with Crippen LogP contribution in [0.3, 0.4) is 0 Å². The number of carbonyl (C=O) groups excluding carboxylic acids is 1. The quantitative estimate of drug-likeness (QED) is 0.568. The van der Waals surface area contributed by atoms with Crippen LogP contribution in [0.2, 0.25) is 0 Å². The van der Waals surface area contributed by atoms with E-state index in [1.807, 2.05) is 6.07 Å². The lowest BCUT2D eigenvalue weighted by molar-refractivity contribution is -0.122. The Balaban J connectivity index is 1.65. The highest BCUT2D eigenvalue weighted by Crippen LogP contribution is 2.29. The van der Waals surface area contributed by atoms with Gasteiger partial charge < -0.3 is 15.2 Å². The van der Waals surface area contributed by atoms with Crippen LogP contribution in [-0.4, -0.2) is 33.5 Å². The summed E-state index contributed by atoms with van der Waals surface area (Å²) in [5.74, 6) is -0.533. The highest BCUT2D eigenvalue weighted by molar-refractivity contribution is 9.10. The van der Waals surface area contributed by atoms with Crippen molar-refractivity contribution in [2.24, 2.45) is 11.7 Å². The lowest BCUT2D eigenvalue weighted by Crippen LogP contribution is -2.41. The maximum Gasteiger partial charge on any atom is 0.220 e. The van der Waals surface area contributed by atoms with Crippen molar-refractivity contribution in [3.05, 3.63) is 70.1 Å². The van der Waals surface area contributed by atoms with Gasteiger partial charge in [-0.25, -0.2) is 4.39 Å². The van der Waals surface area contributed by atoms with Crippen LogP contribution < -0.4 is 5.73 Å². The fourth-order valence-electron chi connectivity index (χ4n) is 3.89. The first-order valence-electron chi connectivity index (χ1n) is 9.54. The molecule has 0 bridgehead atoms. The summed E-state index contributed by atoms with van der Waals surface area (Å²) in [5.41, 5.74) is 8.54. The molecule has 1 aliphatic rings. The van der Waals surface area contributed by atoms with Gasteiger partial charge in [0.15, 0.2) is 0 Å². The number of nitrogens with zero attached hydrogens (tertiary/aromatic N) is 2. The Morgan fingerprint density at radius 2 is 1.86 bits per heavy atom. The van der Waals surface area contributed by atoms with Crippen molar-refractivity contribution in [3.63, 3.8) is 0 Å². The van der Waals surface area contributed by atoms with Crippen LogP contribution in [0, 0.1) is 11.7 Å². The number of halogens is 2. The van der Waals surface area contributed by atoms with Gasteiger partial charge in [-0.15, -0.1) is 0 Å². The van der Waals surface area contributed by atoms with E-state index in [0.717, 1.165) is 57.4 Å². The summed E-state index contributed by atoms with van der Waals surface area (Å²) in [7, 11) is 0. The summed E-state index contributed by atoms with van der Waals surface area (Å²) >= 11 is 9.40. The molecule has 0 atom stereocenters. The minimum absolute atomic E-state index is 0.0667. The number of nitrogens with two attached hydrogens (primary N) is 1. The van der Waals surface area contributed by atoms with Gasteiger partial charge in [0.25, 0.3) is 0 Å². The zero-order valence-electron chi connectivity index (χ0n) is 15.8. The second-order valence-corrected chi connectivity index (χ2v) is 8.73. The van der Waals surface area contributed by atoms with E-state index >= 15 is 0 Å². The second kappa shape index (κ2) is 8.24. The fourth-order valence-corrected chi connectivity index (χ4v) is 4.60. The summed E-state index contributed by atoms with van der Waals surface area (Å²) in [6.45, 7) is 2.08. The molecule has 29 heavy (non-hydrogen) atoms. The number of rotatable bonds is 4. The zero-order valence-corrected chi connectivity index (χ0v) is 18.2. The van der Waals surface area contributed by atoms with Gasteiger partial charge in [0.05, 0.1) is 0 Å². The summed E-state index contributed by atoms with van der Waals surface area (Å²) in [4.78, 5) is 14.4. The van der Waals surface area contributed by atoms with Gasteiger partial charge in [-0.2, -0.15) is 0 Å². The number of carbonyl (C=O) groups is 1. The summed E-state index contributed by atoms with van der Waals surface area (Å²) in [6.07, 6.45) is 3.53. The Labute approximate surface area is 182 Å². The third kappa shape index (κ3) is 4.21. The Kier molecular flexibility index (Phi) is 5.69. The van der Waals surface area contributed by atoms with Crippen molar-refractivity contribution in [1.82, 2.24) is 9.47 Å². The molecule has 2 heterocycles. The highest BCUT2D eigenvalue weighted by atomic mass is 79.9. The van der Waals surface area contributed by atoms with E-state index in [2.05, 4.69) is 43.7 Å². The molecule has 4 nitrogen and oxygen atoms in total. The van der Waals surface area contributed by atoms with E-state index in [4.69, 9.17) is 18.0 Å². The van der Waals surface area contributed by atoms with Gasteiger partial charge >= 0.3 is 0 Å². The average molecular weight is 474 g/mol. The van der Waals surface area contributed by atoms with Crippen molar-refractivity contribution in [3.8, 4) is 0 Å². The number of piperidine rings is 1. The first-order valence-corrected chi connectivity index (χ1v) is 10.7. The number of amides is 1. The number of hydrogen-bond donors (Lipinski definition) is 1. The van der Waals surface area contributed by atoms with E-state index in [9.17, 15) is 9.18 Å². The molecule has 0 saturated carbocycles. The van der Waals surface area contributed by atoms with Crippen molar-refractivity contribution < 1.29 is 9.18 Å². The van der Waals surface area contributed by atoms with E-state index in [1.54, 1.807) is 12.1 Å². The predicted molar refractivity (Wildman–Crippen MR) is 120 cm³/mol. The third-order valence-electron chi connectivity index (χ3n) is 5.52. The molecule has 150 valence electrons. The summed E-state index contributed by atoms with van der Waals surface area (Å²) in [5, 5.41) is 1.07. The molecule has 0 radical (unpaired) electrons. The maximum absolute atomic E-state index is 13.3. The van der Waals surface area contributed by atoms with Crippen LogP contribution in [0.1, 0.15) is 24.0 Å². The average Bonchev–Trinajstić information content (AvgIpc) is 3.06. The standard InChI is InChI=1S/C22H21BrFN3OS/c23-16-3-6-20-18(11-16)19(13-27(20)12-14-1-4-17(24)5-2-14)22(29)26-9-7-15(8-10-26)21(25)28/h1-6,11,13,15H,7-10,12H2,(H2,25,28). The number of likely N-dealkylation sites (tertiary alicyclic amines) is 1. The van der Waals surface area contributed by atoms with Gasteiger partial charge in [0, 0.05) is 52.7 Å². The molecule has 0 unspecified atom stereocenters. The Hall–Kier alpha value is -2.25. The van der Waals surface area contributed by atoms with Crippen LogP contribution in [-0.2, 0) is 11.3 Å². The van der Waals surface area contributed by atoms with E-state index in [0.29, 0.717) is 6.54 Å². The molecule has 4 rings (SSSR count). The molecule has 1 aromatic heterocycles. The number of hydrogen-bond acceptors (Lipinski definition) is 2. The van der Waals surface area contributed by atoms with E-state index in [1.165, 1.54) is 12.1 Å². The normalized spacial score (nSPS) is 15.0. The third-order valence-corrected chi connectivity index (χ3v) is 6.50. The van der Waals surface area contributed by atoms with Gasteiger partial charge in [0.2, 0.25) is 5.91 Å². The molecule has 1 amide bonds. The van der Waals surface area contributed by atoms with Crippen LogP contribution in [0.4, 0.5) is 4.39 Å². The Morgan fingerprint density at radius 1 is 1.17 bits per heavy atom. The first kappa shape index (κ1) is 20.0. The van der Waals surface area contributed by atoms with Crippen LogP contribution in [0.25, 0.3) is 10.9 Å². The van der Waals surface area contributed by atoms with Crippen molar-refractivity contribution >= 4 is 49.9 Å². The maximum atomic E-state index is 13.3. The minimum atomic E-state index is -0.240. The number of primary amides is 1. The smallest absolute Gasteiger partial charge is 0.220 e. The largest absolute Gasteiger partial charge is 0.369 e. The van der Waals surface area contributed by atoms with Crippen molar-refractivity contribution in [2.75, 3.05) is 13.1 Å². The minimum Gasteiger partial charge on any atom is -0.369 e. The fraction of sp³-hybridized carbons (Fsp3) is 0.273. The summed E-state index contributed by atoms with van der Waals surface area (Å²) in [6, 6.07) is 12.7. The highest BCUT2D eigenvalue weighted by Gasteiger charge is 2.26. The molecule has 0 spiro atoms. The topological polar surface area (TPSA) is 51.3 Å². The molecular weight excluding hydrogens is 453 g/mol. The molecule has 2 N–H and O–H groups in total. The van der Waals surface area contributed by atoms with Crippen molar-refractivity contribution in [2.45, 2.75) is 19.4 Å². The van der Waals surface area contributed by atoms with Crippen LogP contribution >= 0.6 is 28.1 Å². The number of thiocarbonyl (C=S) groups is 1. The van der Waals surface area contributed by atoms with Crippen LogP contribution in [0.15, 0.2) is 53.1 Å². The van der Waals surface area contributed by atoms with Gasteiger partial charge in [-0.1, -0.05) is 40.3 Å². The molecule has 1 saturated heterocycles. The molecule has 1 fully saturated rings. The molecule has 3 aromatic rings. The van der Waals surface area contributed by atoms with Gasteiger partial charge in [0.1, 0.15) is 10.8 Å². The molecular formula is C22H21BrFN3OS. The number of benzene rings is 2. The van der Waals surface area contributed by atoms with Crippen LogP contribution in [0.5, 0.6) is 0 Å². The van der Waals surface area contributed by atoms with Gasteiger partial charge in [-0.05, 0) is 48.7 Å².